The Morgan fingerprint density at radius 2 is 1.41 bits per heavy atom. The fourth-order valence-corrected chi connectivity index (χ4v) is 3.36. The molecule has 0 saturated carbocycles. The number of piperidine rings is 1. The van der Waals surface area contributed by atoms with E-state index in [1.165, 1.54) is 0 Å². The summed E-state index contributed by atoms with van der Waals surface area (Å²) in [6.07, 6.45) is 0.356. The van der Waals surface area contributed by atoms with Gasteiger partial charge in [-0.25, -0.2) is 0 Å². The quantitative estimate of drug-likeness (QED) is 0.828. The lowest BCUT2D eigenvalue weighted by Crippen LogP contribution is -2.43. The Bertz CT molecular complexity index is 627. The van der Waals surface area contributed by atoms with Gasteiger partial charge in [0.2, 0.25) is 0 Å². The fraction of sp³-hybridized carbons (Fsp3) is 0.333. The molecule has 3 rings (SSSR count). The summed E-state index contributed by atoms with van der Waals surface area (Å²) >= 11 is 11.9. The zero-order chi connectivity index (χ0) is 15.7. The number of aliphatic hydroxyl groups is 1. The van der Waals surface area contributed by atoms with E-state index in [2.05, 4.69) is 12.2 Å². The standard InChI is InChI=1S/C18H19Cl2NO/c1-11-17(22)10-16(12-2-6-14(19)7-3-12)21-18(11)13-4-8-15(20)9-5-13/h2-9,11,16-18,21-22H,10H2,1H3/t11-,16-,17-,18-/m1/s1. The van der Waals surface area contributed by atoms with Crippen molar-refractivity contribution in [3.63, 3.8) is 0 Å². The first-order chi connectivity index (χ1) is 10.5. The van der Waals surface area contributed by atoms with Gasteiger partial charge in [-0.05, 0) is 41.8 Å². The van der Waals surface area contributed by atoms with Gasteiger partial charge in [0.05, 0.1) is 6.10 Å². The Balaban J connectivity index is 1.86. The molecule has 1 heterocycles. The molecule has 1 fully saturated rings. The summed E-state index contributed by atoms with van der Waals surface area (Å²) in [7, 11) is 0. The van der Waals surface area contributed by atoms with Crippen LogP contribution in [0.3, 0.4) is 0 Å². The van der Waals surface area contributed by atoms with Crippen LogP contribution in [-0.2, 0) is 0 Å². The van der Waals surface area contributed by atoms with Crippen molar-refractivity contribution in [1.82, 2.24) is 5.32 Å². The van der Waals surface area contributed by atoms with Crippen molar-refractivity contribution < 1.29 is 5.11 Å². The van der Waals surface area contributed by atoms with Crippen molar-refractivity contribution in [2.75, 3.05) is 0 Å². The molecule has 2 aromatic carbocycles. The minimum Gasteiger partial charge on any atom is -0.393 e. The molecule has 0 aliphatic carbocycles. The number of nitrogens with one attached hydrogen (secondary N) is 1. The molecular formula is C18H19Cl2NO. The van der Waals surface area contributed by atoms with Crippen LogP contribution in [0.4, 0.5) is 0 Å². The first-order valence-corrected chi connectivity index (χ1v) is 8.25. The van der Waals surface area contributed by atoms with Crippen molar-refractivity contribution in [2.45, 2.75) is 31.5 Å². The maximum atomic E-state index is 10.5. The van der Waals surface area contributed by atoms with Crippen molar-refractivity contribution in [3.05, 3.63) is 69.7 Å². The van der Waals surface area contributed by atoms with Crippen LogP contribution < -0.4 is 5.32 Å². The summed E-state index contributed by atoms with van der Waals surface area (Å²) in [5.74, 6) is 0.143. The van der Waals surface area contributed by atoms with Crippen LogP contribution in [0, 0.1) is 5.92 Å². The second kappa shape index (κ2) is 6.59. The molecule has 0 bridgehead atoms. The SMILES string of the molecule is C[C@@H]1[C@H](O)C[C@H](c2ccc(Cl)cc2)N[C@H]1c1ccc(Cl)cc1. The average molecular weight is 336 g/mol. The highest BCUT2D eigenvalue weighted by Gasteiger charge is 2.34. The van der Waals surface area contributed by atoms with Gasteiger partial charge in [-0.2, -0.15) is 0 Å². The molecular weight excluding hydrogens is 317 g/mol. The number of hydrogen-bond donors (Lipinski definition) is 2. The van der Waals surface area contributed by atoms with Gasteiger partial charge in [0.1, 0.15) is 0 Å². The fourth-order valence-electron chi connectivity index (χ4n) is 3.11. The molecule has 4 atom stereocenters. The van der Waals surface area contributed by atoms with E-state index in [0.717, 1.165) is 21.2 Å². The summed E-state index contributed by atoms with van der Waals surface area (Å²) in [5, 5.41) is 15.6. The maximum absolute atomic E-state index is 10.5. The third-order valence-electron chi connectivity index (χ3n) is 4.49. The summed E-state index contributed by atoms with van der Waals surface area (Å²) in [6, 6.07) is 15.9. The van der Waals surface area contributed by atoms with Gasteiger partial charge in [-0.15, -0.1) is 0 Å². The molecule has 0 radical (unpaired) electrons. The van der Waals surface area contributed by atoms with Crippen molar-refractivity contribution in [1.29, 1.82) is 0 Å². The molecule has 2 N–H and O–H groups in total. The minimum atomic E-state index is -0.345. The van der Waals surface area contributed by atoms with Gasteiger partial charge >= 0.3 is 0 Å². The Kier molecular flexibility index (Phi) is 4.74. The smallest absolute Gasteiger partial charge is 0.0602 e. The predicted octanol–water partition coefficient (Wildman–Crippen LogP) is 4.77. The average Bonchev–Trinajstić information content (AvgIpc) is 2.52. The van der Waals surface area contributed by atoms with E-state index in [1.807, 2.05) is 48.5 Å². The van der Waals surface area contributed by atoms with E-state index in [-0.39, 0.29) is 24.1 Å². The van der Waals surface area contributed by atoms with E-state index in [4.69, 9.17) is 23.2 Å². The topological polar surface area (TPSA) is 32.3 Å². The van der Waals surface area contributed by atoms with Crippen LogP contribution in [0.1, 0.15) is 36.6 Å². The predicted molar refractivity (Wildman–Crippen MR) is 91.3 cm³/mol. The number of hydrogen-bond acceptors (Lipinski definition) is 2. The molecule has 0 aromatic heterocycles. The highest BCUT2D eigenvalue weighted by atomic mass is 35.5. The van der Waals surface area contributed by atoms with E-state index in [1.54, 1.807) is 0 Å². The van der Waals surface area contributed by atoms with Gasteiger partial charge < -0.3 is 10.4 Å². The van der Waals surface area contributed by atoms with Gasteiger partial charge in [0.15, 0.2) is 0 Å². The first-order valence-electron chi connectivity index (χ1n) is 7.49. The molecule has 22 heavy (non-hydrogen) atoms. The molecule has 1 saturated heterocycles. The molecule has 1 aliphatic heterocycles. The molecule has 4 heteroatoms. The zero-order valence-corrected chi connectivity index (χ0v) is 13.9. The monoisotopic (exact) mass is 335 g/mol. The molecule has 0 amide bonds. The lowest BCUT2D eigenvalue weighted by molar-refractivity contribution is 0.0402. The van der Waals surface area contributed by atoms with Crippen LogP contribution in [0.15, 0.2) is 48.5 Å². The highest BCUT2D eigenvalue weighted by molar-refractivity contribution is 6.30. The molecule has 116 valence electrons. The molecule has 0 unspecified atom stereocenters. The van der Waals surface area contributed by atoms with Crippen LogP contribution in [0.5, 0.6) is 0 Å². The highest BCUT2D eigenvalue weighted by Crippen LogP contribution is 2.37. The van der Waals surface area contributed by atoms with Crippen molar-refractivity contribution in [3.8, 4) is 0 Å². The summed E-state index contributed by atoms with van der Waals surface area (Å²) < 4.78 is 0. The van der Waals surface area contributed by atoms with Crippen molar-refractivity contribution in [2.24, 2.45) is 5.92 Å². The maximum Gasteiger partial charge on any atom is 0.0602 e. The van der Waals surface area contributed by atoms with Crippen molar-refractivity contribution >= 4 is 23.2 Å². The molecule has 2 aromatic rings. The Morgan fingerprint density at radius 3 is 1.95 bits per heavy atom. The molecule has 1 aliphatic rings. The van der Waals surface area contributed by atoms with E-state index in [0.29, 0.717) is 6.42 Å². The van der Waals surface area contributed by atoms with E-state index in [9.17, 15) is 5.11 Å². The summed E-state index contributed by atoms with van der Waals surface area (Å²) in [5.41, 5.74) is 2.30. The number of aliphatic hydroxyl groups excluding tert-OH is 1. The van der Waals surface area contributed by atoms with E-state index >= 15 is 0 Å². The number of rotatable bonds is 2. The van der Waals surface area contributed by atoms with Gasteiger partial charge in [-0.3, -0.25) is 0 Å². The first kappa shape index (κ1) is 15.8. The van der Waals surface area contributed by atoms with E-state index < -0.39 is 0 Å². The second-order valence-electron chi connectivity index (χ2n) is 5.96. The Morgan fingerprint density at radius 1 is 0.909 bits per heavy atom. The normalized spacial score (nSPS) is 28.5. The van der Waals surface area contributed by atoms with Crippen LogP contribution >= 0.6 is 23.2 Å². The minimum absolute atomic E-state index is 0.0988. The summed E-state index contributed by atoms with van der Waals surface area (Å²) in [4.78, 5) is 0. The molecule has 2 nitrogen and oxygen atoms in total. The molecule has 0 spiro atoms. The second-order valence-corrected chi connectivity index (χ2v) is 6.84. The van der Waals surface area contributed by atoms with Crippen LogP contribution in [-0.4, -0.2) is 11.2 Å². The zero-order valence-electron chi connectivity index (χ0n) is 12.3. The Hall–Kier alpha value is -1.06. The largest absolute Gasteiger partial charge is 0.393 e. The van der Waals surface area contributed by atoms with Crippen LogP contribution in [0.25, 0.3) is 0 Å². The van der Waals surface area contributed by atoms with Gasteiger partial charge in [0, 0.05) is 28.0 Å². The number of halogens is 2. The lowest BCUT2D eigenvalue weighted by Gasteiger charge is -2.40. The van der Waals surface area contributed by atoms with Crippen LogP contribution in [0.2, 0.25) is 10.0 Å². The summed E-state index contributed by atoms with van der Waals surface area (Å²) in [6.45, 7) is 2.08. The third-order valence-corrected chi connectivity index (χ3v) is 5.00. The van der Waals surface area contributed by atoms with Gasteiger partial charge in [-0.1, -0.05) is 54.4 Å². The van der Waals surface area contributed by atoms with Gasteiger partial charge in [0.25, 0.3) is 0 Å². The number of benzene rings is 2. The third kappa shape index (κ3) is 3.31. The lowest BCUT2D eigenvalue weighted by atomic mass is 9.81. The Labute approximate surface area is 141 Å².